The maximum Gasteiger partial charge on any atom is 0.307 e. The normalized spacial score (nSPS) is 14.6. The lowest BCUT2D eigenvalue weighted by Gasteiger charge is -2.25. The second-order valence-corrected chi connectivity index (χ2v) is 14.6. The van der Waals surface area contributed by atoms with Crippen LogP contribution in [0.4, 0.5) is 0 Å². The molecule has 1 aromatic carbocycles. The van der Waals surface area contributed by atoms with Crippen LogP contribution in [0.2, 0.25) is 19.1 Å². The molecule has 2 atom stereocenters. The number of ether oxygens (including phenoxy) is 1. The second kappa shape index (κ2) is 8.92. The zero-order valence-corrected chi connectivity index (χ0v) is 18.0. The fourth-order valence-corrected chi connectivity index (χ4v) is 5.29. The SMILES string of the molecule is C=CC[Si](C)(C)c1ccc([C@H](CC(=O)OC)N[S@](=O)C(C)(C)C)cc1. The molecule has 1 N–H and O–H groups in total. The molecule has 0 unspecified atom stereocenters. The van der Waals surface area contributed by atoms with Crippen molar-refractivity contribution in [2.24, 2.45) is 0 Å². The van der Waals surface area contributed by atoms with Crippen LogP contribution in [-0.2, 0) is 20.5 Å². The number of carbonyl (C=O) groups excluding carboxylic acids is 1. The smallest absolute Gasteiger partial charge is 0.307 e. The molecule has 25 heavy (non-hydrogen) atoms. The fraction of sp³-hybridized carbons (Fsp3) is 0.526. The molecule has 6 heteroatoms. The number of methoxy groups -OCH3 is 1. The molecule has 0 amide bonds. The number of nitrogens with one attached hydrogen (secondary N) is 1. The number of carbonyl (C=O) groups is 1. The van der Waals surface area contributed by atoms with Crippen molar-refractivity contribution in [3.05, 3.63) is 42.5 Å². The molecule has 0 aliphatic rings. The van der Waals surface area contributed by atoms with Gasteiger partial charge in [-0.2, -0.15) is 0 Å². The van der Waals surface area contributed by atoms with Crippen LogP contribution in [0.3, 0.4) is 0 Å². The van der Waals surface area contributed by atoms with E-state index in [1.54, 1.807) is 0 Å². The Hall–Kier alpha value is -1.24. The molecule has 1 rings (SSSR count). The highest BCUT2D eigenvalue weighted by molar-refractivity contribution is 7.84. The maximum atomic E-state index is 12.5. The lowest BCUT2D eigenvalue weighted by atomic mass is 10.1. The molecule has 0 aliphatic carbocycles. The molecular weight excluding hydrogens is 350 g/mol. The van der Waals surface area contributed by atoms with Gasteiger partial charge in [-0.05, 0) is 32.4 Å². The van der Waals surface area contributed by atoms with E-state index in [1.165, 1.54) is 12.3 Å². The van der Waals surface area contributed by atoms with E-state index in [9.17, 15) is 9.00 Å². The maximum absolute atomic E-state index is 12.5. The van der Waals surface area contributed by atoms with Gasteiger partial charge in [-0.3, -0.25) is 4.79 Å². The molecule has 0 spiro atoms. The van der Waals surface area contributed by atoms with Crippen molar-refractivity contribution in [1.29, 1.82) is 0 Å². The van der Waals surface area contributed by atoms with Crippen molar-refractivity contribution < 1.29 is 13.7 Å². The Balaban J connectivity index is 3.07. The van der Waals surface area contributed by atoms with Crippen LogP contribution in [0, 0.1) is 0 Å². The summed E-state index contributed by atoms with van der Waals surface area (Å²) in [6.07, 6.45) is 2.12. The third-order valence-corrected chi connectivity index (χ3v) is 8.97. The van der Waals surface area contributed by atoms with E-state index in [1.807, 2.05) is 39.0 Å². The van der Waals surface area contributed by atoms with Crippen molar-refractivity contribution >= 4 is 30.2 Å². The van der Waals surface area contributed by atoms with E-state index in [-0.39, 0.29) is 18.4 Å². The number of rotatable bonds is 8. The van der Waals surface area contributed by atoms with E-state index < -0.39 is 23.8 Å². The summed E-state index contributed by atoms with van der Waals surface area (Å²) < 4.78 is 19.9. The van der Waals surface area contributed by atoms with Crippen LogP contribution in [0.15, 0.2) is 36.9 Å². The predicted octanol–water partition coefficient (Wildman–Crippen LogP) is 3.44. The van der Waals surface area contributed by atoms with E-state index >= 15 is 0 Å². The van der Waals surface area contributed by atoms with Gasteiger partial charge in [0.05, 0.1) is 43.4 Å². The first-order valence-corrected chi connectivity index (χ1v) is 12.8. The Bertz CT molecular complexity index is 621. The number of hydrogen-bond donors (Lipinski definition) is 1. The lowest BCUT2D eigenvalue weighted by Crippen LogP contribution is -2.41. The zero-order valence-electron chi connectivity index (χ0n) is 16.2. The Labute approximate surface area is 155 Å². The Morgan fingerprint density at radius 3 is 2.32 bits per heavy atom. The average molecular weight is 382 g/mol. The van der Waals surface area contributed by atoms with Crippen molar-refractivity contribution in [3.63, 3.8) is 0 Å². The lowest BCUT2D eigenvalue weighted by molar-refractivity contribution is -0.141. The minimum absolute atomic E-state index is 0.144. The summed E-state index contributed by atoms with van der Waals surface area (Å²) >= 11 is 0. The third kappa shape index (κ3) is 6.53. The highest BCUT2D eigenvalue weighted by atomic mass is 32.2. The van der Waals surface area contributed by atoms with Gasteiger partial charge in [0, 0.05) is 0 Å². The van der Waals surface area contributed by atoms with Gasteiger partial charge >= 0.3 is 5.97 Å². The minimum Gasteiger partial charge on any atom is -0.469 e. The summed E-state index contributed by atoms with van der Waals surface area (Å²) in [5, 5.41) is 1.34. The van der Waals surface area contributed by atoms with Crippen molar-refractivity contribution in [2.45, 2.75) is 57.1 Å². The van der Waals surface area contributed by atoms with Gasteiger partial charge in [0.1, 0.15) is 0 Å². The first kappa shape index (κ1) is 21.8. The molecule has 0 aromatic heterocycles. The van der Waals surface area contributed by atoms with Gasteiger partial charge < -0.3 is 4.74 Å². The minimum atomic E-state index is -1.53. The third-order valence-electron chi connectivity index (χ3n) is 4.15. The standard InChI is InChI=1S/C19H31NO3SSi/c1-8-13-25(6,7)16-11-9-15(10-12-16)17(14-18(21)23-5)20-24(22)19(2,3)4/h8-12,17,20H,1,13-14H2,2-7H3/t17-,24+/m0/s1. The summed E-state index contributed by atoms with van der Waals surface area (Å²) in [6.45, 7) is 14.2. The average Bonchev–Trinajstić information content (AvgIpc) is 2.53. The quantitative estimate of drug-likeness (QED) is 0.426. The van der Waals surface area contributed by atoms with Gasteiger partial charge in [-0.1, -0.05) is 48.6 Å². The molecule has 0 fully saturated rings. The van der Waals surface area contributed by atoms with Crippen LogP contribution in [0.1, 0.15) is 38.8 Å². The molecule has 1 aromatic rings. The van der Waals surface area contributed by atoms with Crippen LogP contribution in [0.5, 0.6) is 0 Å². The van der Waals surface area contributed by atoms with Crippen LogP contribution in [-0.4, -0.2) is 30.1 Å². The van der Waals surface area contributed by atoms with E-state index in [0.717, 1.165) is 11.6 Å². The van der Waals surface area contributed by atoms with Crippen molar-refractivity contribution in [3.8, 4) is 0 Å². The molecule has 0 bridgehead atoms. The van der Waals surface area contributed by atoms with Gasteiger partial charge in [-0.25, -0.2) is 8.93 Å². The van der Waals surface area contributed by atoms with Crippen molar-refractivity contribution in [2.75, 3.05) is 7.11 Å². The first-order valence-electron chi connectivity index (χ1n) is 8.47. The summed E-state index contributed by atoms with van der Waals surface area (Å²) in [7, 11) is -1.43. The van der Waals surface area contributed by atoms with E-state index in [4.69, 9.17) is 4.74 Å². The van der Waals surface area contributed by atoms with E-state index in [0.29, 0.717) is 0 Å². The predicted molar refractivity (Wildman–Crippen MR) is 109 cm³/mol. The van der Waals surface area contributed by atoms with Crippen LogP contribution >= 0.6 is 0 Å². The molecular formula is C19H31NO3SSi. The number of benzene rings is 1. The van der Waals surface area contributed by atoms with Gasteiger partial charge in [0.25, 0.3) is 0 Å². The van der Waals surface area contributed by atoms with E-state index in [2.05, 4.69) is 36.5 Å². The summed E-state index contributed by atoms with van der Waals surface area (Å²) in [5.41, 5.74) is 0.940. The Kier molecular flexibility index (Phi) is 7.78. The van der Waals surface area contributed by atoms with Crippen LogP contribution in [0.25, 0.3) is 0 Å². The van der Waals surface area contributed by atoms with Crippen molar-refractivity contribution in [1.82, 2.24) is 4.72 Å². The molecule has 0 radical (unpaired) electrons. The molecule has 0 saturated heterocycles. The Morgan fingerprint density at radius 1 is 1.32 bits per heavy atom. The molecule has 0 heterocycles. The summed E-state index contributed by atoms with van der Waals surface area (Å²) in [5.74, 6) is -0.325. The van der Waals surface area contributed by atoms with Crippen LogP contribution < -0.4 is 9.91 Å². The van der Waals surface area contributed by atoms with Gasteiger partial charge in [0.15, 0.2) is 0 Å². The molecule has 0 aliphatic heterocycles. The highest BCUT2D eigenvalue weighted by Crippen LogP contribution is 2.21. The molecule has 4 nitrogen and oxygen atoms in total. The Morgan fingerprint density at radius 2 is 1.88 bits per heavy atom. The van der Waals surface area contributed by atoms with Gasteiger partial charge in [0.2, 0.25) is 0 Å². The fourth-order valence-electron chi connectivity index (χ4n) is 2.43. The summed E-state index contributed by atoms with van der Waals surface area (Å²) in [6, 6.07) is 8.96. The summed E-state index contributed by atoms with van der Waals surface area (Å²) in [4.78, 5) is 11.8. The molecule has 0 saturated carbocycles. The highest BCUT2D eigenvalue weighted by Gasteiger charge is 2.26. The number of allylic oxidation sites excluding steroid dienone is 1. The monoisotopic (exact) mass is 381 g/mol. The number of hydrogen-bond acceptors (Lipinski definition) is 3. The first-order chi connectivity index (χ1) is 11.5. The topological polar surface area (TPSA) is 55.4 Å². The zero-order chi connectivity index (χ0) is 19.3. The largest absolute Gasteiger partial charge is 0.469 e. The molecule has 140 valence electrons. The second-order valence-electron chi connectivity index (χ2n) is 7.83. The van der Waals surface area contributed by atoms with Gasteiger partial charge in [-0.15, -0.1) is 6.58 Å². The number of esters is 1.